The molecule has 0 aromatic rings. The molecule has 4 rings (SSSR count). The number of amides is 1. The molecule has 8 nitrogen and oxygen atoms in total. The van der Waals surface area contributed by atoms with Crippen molar-refractivity contribution in [2.75, 3.05) is 46.5 Å². The smallest absolute Gasteiger partial charge is 0.253 e. The molecule has 0 aromatic carbocycles. The standard InChI is InChI=1S/C20H30N4O4/c1-26-28-10-3-9-23-13-15(17-4-2-7-22-19(17)23)14-24(16-5-6-16)20(25)18-12-21-8-11-27-18/h2,4,7,13,16-19,21H,3,5-6,8-12,14H2,1H3/t17?,18-,19?/m1/s1. The van der Waals surface area contributed by atoms with Gasteiger partial charge in [0.05, 0.1) is 20.3 Å². The number of hydrogen-bond donors (Lipinski definition) is 1. The van der Waals surface area contributed by atoms with E-state index in [-0.39, 0.29) is 24.1 Å². The van der Waals surface area contributed by atoms with Crippen molar-refractivity contribution in [1.29, 1.82) is 0 Å². The first-order valence-corrected chi connectivity index (χ1v) is 10.2. The second-order valence-electron chi connectivity index (χ2n) is 7.67. The third-order valence-electron chi connectivity index (χ3n) is 5.65. The number of hydrogen-bond acceptors (Lipinski definition) is 7. The Morgan fingerprint density at radius 1 is 1.46 bits per heavy atom. The summed E-state index contributed by atoms with van der Waals surface area (Å²) in [6.07, 6.45) is 11.0. The predicted molar refractivity (Wildman–Crippen MR) is 105 cm³/mol. The van der Waals surface area contributed by atoms with Gasteiger partial charge >= 0.3 is 0 Å². The number of allylic oxidation sites excluding steroid dienone is 1. The molecule has 2 fully saturated rings. The third-order valence-corrected chi connectivity index (χ3v) is 5.65. The van der Waals surface area contributed by atoms with Gasteiger partial charge in [-0.15, -0.1) is 0 Å². The summed E-state index contributed by atoms with van der Waals surface area (Å²) in [6.45, 7) is 4.04. The Hall–Kier alpha value is -1.74. The lowest BCUT2D eigenvalue weighted by Crippen LogP contribution is -2.50. The topological polar surface area (TPSA) is 75.6 Å². The molecular weight excluding hydrogens is 360 g/mol. The summed E-state index contributed by atoms with van der Waals surface area (Å²) in [5.41, 5.74) is 1.25. The second kappa shape index (κ2) is 9.17. The molecular formula is C20H30N4O4. The first-order chi connectivity index (χ1) is 13.8. The minimum atomic E-state index is -0.366. The molecule has 1 saturated carbocycles. The van der Waals surface area contributed by atoms with E-state index >= 15 is 0 Å². The highest BCUT2D eigenvalue weighted by atomic mass is 17.2. The lowest BCUT2D eigenvalue weighted by atomic mass is 9.97. The molecule has 0 radical (unpaired) electrons. The number of ether oxygens (including phenoxy) is 1. The van der Waals surface area contributed by atoms with E-state index in [2.05, 4.69) is 32.4 Å². The van der Waals surface area contributed by atoms with Crippen LogP contribution in [-0.2, 0) is 19.3 Å². The summed E-state index contributed by atoms with van der Waals surface area (Å²) in [4.78, 5) is 31.7. The van der Waals surface area contributed by atoms with Gasteiger partial charge in [-0.05, 0) is 30.9 Å². The summed E-state index contributed by atoms with van der Waals surface area (Å²) >= 11 is 0. The van der Waals surface area contributed by atoms with E-state index < -0.39 is 0 Å². The fraction of sp³-hybridized carbons (Fsp3) is 0.700. The van der Waals surface area contributed by atoms with Gasteiger partial charge in [-0.3, -0.25) is 9.79 Å². The molecule has 1 saturated heterocycles. The lowest BCUT2D eigenvalue weighted by molar-refractivity contribution is -0.272. The van der Waals surface area contributed by atoms with Crippen LogP contribution in [0, 0.1) is 5.92 Å². The average Bonchev–Trinajstić information content (AvgIpc) is 3.53. The summed E-state index contributed by atoms with van der Waals surface area (Å²) in [6, 6.07) is 0.345. The van der Waals surface area contributed by atoms with Gasteiger partial charge in [-0.25, -0.2) is 9.78 Å². The van der Waals surface area contributed by atoms with E-state index in [9.17, 15) is 4.79 Å². The number of nitrogens with zero attached hydrogens (tertiary/aromatic N) is 3. The average molecular weight is 390 g/mol. The zero-order valence-corrected chi connectivity index (χ0v) is 16.5. The van der Waals surface area contributed by atoms with Crippen LogP contribution >= 0.6 is 0 Å². The van der Waals surface area contributed by atoms with Crippen LogP contribution in [0.3, 0.4) is 0 Å². The lowest BCUT2D eigenvalue weighted by Gasteiger charge is -2.31. The van der Waals surface area contributed by atoms with Crippen LogP contribution in [0.15, 0.2) is 28.9 Å². The molecule has 1 amide bonds. The molecule has 3 aliphatic heterocycles. The van der Waals surface area contributed by atoms with Gasteiger partial charge < -0.3 is 19.9 Å². The molecule has 8 heteroatoms. The van der Waals surface area contributed by atoms with Crippen LogP contribution in [-0.4, -0.2) is 86.7 Å². The number of rotatable bonds is 9. The largest absolute Gasteiger partial charge is 0.366 e. The van der Waals surface area contributed by atoms with Gasteiger partial charge in [0.25, 0.3) is 5.91 Å². The van der Waals surface area contributed by atoms with Crippen LogP contribution in [0.4, 0.5) is 0 Å². The summed E-state index contributed by atoms with van der Waals surface area (Å²) in [5.74, 6) is 0.329. The maximum Gasteiger partial charge on any atom is 0.253 e. The Kier molecular flexibility index (Phi) is 6.41. The van der Waals surface area contributed by atoms with E-state index in [1.54, 1.807) is 0 Å². The highest BCUT2D eigenvalue weighted by Gasteiger charge is 2.41. The van der Waals surface area contributed by atoms with E-state index in [4.69, 9.17) is 9.62 Å². The number of dihydropyridines is 1. The van der Waals surface area contributed by atoms with Gasteiger partial charge in [0.2, 0.25) is 0 Å². The Bertz CT molecular complexity index is 640. The minimum Gasteiger partial charge on any atom is -0.366 e. The van der Waals surface area contributed by atoms with Crippen LogP contribution in [0.2, 0.25) is 0 Å². The number of carbonyl (C=O) groups is 1. The van der Waals surface area contributed by atoms with E-state index in [0.29, 0.717) is 32.3 Å². The molecule has 3 atom stereocenters. The van der Waals surface area contributed by atoms with Crippen molar-refractivity contribution in [3.8, 4) is 0 Å². The second-order valence-corrected chi connectivity index (χ2v) is 7.67. The Morgan fingerprint density at radius 3 is 3.11 bits per heavy atom. The molecule has 154 valence electrons. The molecule has 2 unspecified atom stereocenters. The molecule has 0 aromatic heterocycles. The highest BCUT2D eigenvalue weighted by Crippen LogP contribution is 2.36. The normalized spacial score (nSPS) is 29.0. The van der Waals surface area contributed by atoms with Crippen molar-refractivity contribution in [2.24, 2.45) is 10.9 Å². The summed E-state index contributed by atoms with van der Waals surface area (Å²) < 4.78 is 5.72. The monoisotopic (exact) mass is 390 g/mol. The third kappa shape index (κ3) is 4.46. The Morgan fingerprint density at radius 2 is 2.36 bits per heavy atom. The van der Waals surface area contributed by atoms with Gasteiger partial charge in [0.1, 0.15) is 12.3 Å². The predicted octanol–water partition coefficient (Wildman–Crippen LogP) is 0.716. The fourth-order valence-electron chi connectivity index (χ4n) is 4.09. The number of fused-ring (bicyclic) bond motifs is 1. The molecule has 28 heavy (non-hydrogen) atoms. The van der Waals surface area contributed by atoms with Gasteiger partial charge in [-0.2, -0.15) is 0 Å². The maximum atomic E-state index is 13.1. The van der Waals surface area contributed by atoms with Crippen molar-refractivity contribution in [3.05, 3.63) is 23.9 Å². The minimum absolute atomic E-state index is 0.0753. The quantitative estimate of drug-likeness (QED) is 0.355. The molecule has 0 bridgehead atoms. The molecule has 4 aliphatic rings. The number of carbonyl (C=O) groups excluding carboxylic acids is 1. The van der Waals surface area contributed by atoms with Gasteiger partial charge in [0, 0.05) is 50.6 Å². The van der Waals surface area contributed by atoms with Crippen LogP contribution in [0.1, 0.15) is 19.3 Å². The highest BCUT2D eigenvalue weighted by molar-refractivity contribution is 5.82. The van der Waals surface area contributed by atoms with Gasteiger partial charge in [0.15, 0.2) is 0 Å². The van der Waals surface area contributed by atoms with E-state index in [1.165, 1.54) is 12.7 Å². The summed E-state index contributed by atoms with van der Waals surface area (Å²) in [7, 11) is 1.52. The number of aliphatic imine (C=N–C) groups is 1. The first kappa shape index (κ1) is 19.6. The van der Waals surface area contributed by atoms with Crippen molar-refractivity contribution in [1.82, 2.24) is 15.1 Å². The van der Waals surface area contributed by atoms with Crippen molar-refractivity contribution in [3.63, 3.8) is 0 Å². The molecule has 1 N–H and O–H groups in total. The maximum absolute atomic E-state index is 13.1. The van der Waals surface area contributed by atoms with Gasteiger partial charge in [-0.1, -0.05) is 6.08 Å². The Labute approximate surface area is 166 Å². The molecule has 0 spiro atoms. The number of morpholine rings is 1. The van der Waals surface area contributed by atoms with Crippen molar-refractivity contribution < 1.29 is 19.3 Å². The Balaban J connectivity index is 1.43. The van der Waals surface area contributed by atoms with Crippen LogP contribution in [0.25, 0.3) is 0 Å². The fourth-order valence-corrected chi connectivity index (χ4v) is 4.09. The summed E-state index contributed by atoms with van der Waals surface area (Å²) in [5, 5.41) is 3.26. The molecule has 1 aliphatic carbocycles. The SMILES string of the molecule is COOCCCN1C=C(CN(C(=O)[C@H]2CNCCO2)C2CC2)C2C=CC=NC21. The van der Waals surface area contributed by atoms with Crippen LogP contribution < -0.4 is 5.32 Å². The zero-order valence-electron chi connectivity index (χ0n) is 16.5. The van der Waals surface area contributed by atoms with E-state index in [1.807, 2.05) is 17.2 Å². The van der Waals surface area contributed by atoms with Crippen molar-refractivity contribution in [2.45, 2.75) is 37.6 Å². The van der Waals surface area contributed by atoms with Crippen molar-refractivity contribution >= 4 is 12.1 Å². The zero-order chi connectivity index (χ0) is 19.3. The van der Waals surface area contributed by atoms with Crippen LogP contribution in [0.5, 0.6) is 0 Å². The first-order valence-electron chi connectivity index (χ1n) is 10.2. The molecule has 3 heterocycles. The number of nitrogens with one attached hydrogen (secondary N) is 1. The van der Waals surface area contributed by atoms with E-state index in [0.717, 1.165) is 32.4 Å².